The first-order chi connectivity index (χ1) is 29.2. The van der Waals surface area contributed by atoms with E-state index in [9.17, 15) is 0 Å². The zero-order valence-electron chi connectivity index (χ0n) is 37.9. The van der Waals surface area contributed by atoms with Gasteiger partial charge in [-0.1, -0.05) is 78.1 Å². The molecule has 0 saturated carbocycles. The number of thiophene rings is 1. The minimum absolute atomic E-state index is 0.197. The van der Waals surface area contributed by atoms with Crippen molar-refractivity contribution in [2.75, 3.05) is 24.7 Å². The van der Waals surface area contributed by atoms with Crippen LogP contribution in [0, 0.1) is 0 Å². The zero-order chi connectivity index (χ0) is 42.3. The van der Waals surface area contributed by atoms with Gasteiger partial charge in [-0.2, -0.15) is 0 Å². The Morgan fingerprint density at radius 1 is 0.550 bits per heavy atom. The van der Waals surface area contributed by atoms with Crippen molar-refractivity contribution in [2.24, 2.45) is 7.05 Å². The number of ether oxygens (including phenoxy) is 3. The van der Waals surface area contributed by atoms with E-state index in [1.54, 1.807) is 2.89 Å². The molecule has 0 saturated heterocycles. The first-order valence-electron chi connectivity index (χ1n) is 23.3. The predicted octanol–water partition coefficient (Wildman–Crippen LogP) is 15.6. The number of fused-ring (bicyclic) bond motifs is 3. The molecule has 3 aromatic heterocycles. The second-order valence-electron chi connectivity index (χ2n) is 17.6. The fourth-order valence-electron chi connectivity index (χ4n) is 7.90. The maximum atomic E-state index is 6.57. The third kappa shape index (κ3) is 12.6. The van der Waals surface area contributed by atoms with Crippen LogP contribution in [0.1, 0.15) is 124 Å². The summed E-state index contributed by atoms with van der Waals surface area (Å²) >= 11 is -0.0713. The predicted molar refractivity (Wildman–Crippen MR) is 266 cm³/mol. The van der Waals surface area contributed by atoms with Gasteiger partial charge in [0.1, 0.15) is 0 Å². The van der Waals surface area contributed by atoms with Gasteiger partial charge in [0.25, 0.3) is 0 Å². The SMILES string of the molecule is CCCCCCCCOc1ccc(N(c2ccc(OCCCCCCCC)cc2)c2ccc3c4[se]c(-c5s[c]([Sn]([CH3])([CH3])[CH3])cc5OCCCCCC)cc4n(C)c3c2)cc1. The Morgan fingerprint density at radius 3 is 1.57 bits per heavy atom. The molecular weight excluding hydrogens is 930 g/mol. The van der Waals surface area contributed by atoms with Crippen LogP contribution in [-0.4, -0.2) is 57.3 Å². The molecule has 0 spiro atoms. The molecule has 0 radical (unpaired) electrons. The van der Waals surface area contributed by atoms with Gasteiger partial charge in [-0.15, -0.1) is 0 Å². The molecule has 0 aliphatic heterocycles. The standard InChI is InChI=1S/C49H63N2O3SSe.3CH3.Sn/c1-5-8-11-14-16-19-32-52-41-26-21-38(22-27-41)51(39-23-28-42(29-24-39)53-33-20-17-15-12-9-6-2)40-25-30-43-44(36-40)50(4)45-37-47(56-49(43)45)48-46(31-35-55-48)54-34-18-13-10-7-3;;;;/h21-31,36-37H,5-20,32-34H2,1-4H3;3*1H3;. The number of hydrogen-bond donors (Lipinski definition) is 0. The van der Waals surface area contributed by atoms with Crippen molar-refractivity contribution in [3.63, 3.8) is 0 Å². The molecule has 0 fully saturated rings. The van der Waals surface area contributed by atoms with Gasteiger partial charge in [-0.25, -0.2) is 0 Å². The number of aryl methyl sites for hydroxylation is 1. The summed E-state index contributed by atoms with van der Waals surface area (Å²) in [6.45, 7) is 9.15. The molecule has 0 atom stereocenters. The summed E-state index contributed by atoms with van der Waals surface area (Å²) in [4.78, 5) is 11.3. The first-order valence-corrected chi connectivity index (χ1v) is 35.8. The monoisotopic (exact) mass is 1000 g/mol. The second kappa shape index (κ2) is 23.6. The summed E-state index contributed by atoms with van der Waals surface area (Å²) in [5.41, 5.74) is 5.96. The molecule has 324 valence electrons. The van der Waals surface area contributed by atoms with Crippen molar-refractivity contribution in [1.82, 2.24) is 4.57 Å². The molecule has 5 nitrogen and oxygen atoms in total. The van der Waals surface area contributed by atoms with Crippen LogP contribution < -0.4 is 22.0 Å². The van der Waals surface area contributed by atoms with E-state index < -0.39 is 18.4 Å². The van der Waals surface area contributed by atoms with Crippen LogP contribution in [0.2, 0.25) is 14.8 Å². The third-order valence-corrected chi connectivity index (χ3v) is 24.9. The summed E-state index contributed by atoms with van der Waals surface area (Å²) in [6.07, 6.45) is 20.0. The Balaban J connectivity index is 1.26. The van der Waals surface area contributed by atoms with Crippen molar-refractivity contribution in [2.45, 2.75) is 138 Å². The van der Waals surface area contributed by atoms with Crippen molar-refractivity contribution in [3.05, 3.63) is 78.9 Å². The van der Waals surface area contributed by atoms with E-state index in [-0.39, 0.29) is 14.5 Å². The zero-order valence-corrected chi connectivity index (χ0v) is 43.3. The molecule has 60 heavy (non-hydrogen) atoms. The molecular formula is C52H72N2O3SSeSn. The summed E-state index contributed by atoms with van der Waals surface area (Å²) in [5, 5.41) is 1.35. The minimum atomic E-state index is -2.29. The van der Waals surface area contributed by atoms with E-state index >= 15 is 0 Å². The molecule has 0 aliphatic carbocycles. The number of nitrogens with zero attached hydrogens (tertiary/aromatic N) is 2. The van der Waals surface area contributed by atoms with Crippen molar-refractivity contribution in [1.29, 1.82) is 0 Å². The number of unbranched alkanes of at least 4 members (excludes halogenated alkanes) is 13. The number of hydrogen-bond acceptors (Lipinski definition) is 5. The average molecular weight is 1000 g/mol. The van der Waals surface area contributed by atoms with Gasteiger partial charge >= 0.3 is 288 Å². The van der Waals surface area contributed by atoms with Crippen LogP contribution >= 0.6 is 11.3 Å². The van der Waals surface area contributed by atoms with E-state index in [0.717, 1.165) is 73.4 Å². The molecule has 6 rings (SSSR count). The van der Waals surface area contributed by atoms with E-state index in [1.807, 2.05) is 11.3 Å². The molecule has 6 aromatic rings. The Kier molecular flexibility index (Phi) is 18.3. The van der Waals surface area contributed by atoms with Crippen molar-refractivity contribution >= 4 is 84.9 Å². The molecule has 3 aromatic carbocycles. The molecule has 0 N–H and O–H groups in total. The van der Waals surface area contributed by atoms with Crippen LogP contribution in [-0.2, 0) is 7.05 Å². The summed E-state index contributed by atoms with van der Waals surface area (Å²) < 4.78 is 26.0. The maximum absolute atomic E-state index is 6.57. The Morgan fingerprint density at radius 2 is 1.03 bits per heavy atom. The first kappa shape index (κ1) is 46.7. The number of aromatic nitrogens is 1. The van der Waals surface area contributed by atoms with Crippen molar-refractivity contribution < 1.29 is 14.2 Å². The topological polar surface area (TPSA) is 35.9 Å². The third-order valence-electron chi connectivity index (χ3n) is 11.6. The molecule has 0 unspecified atom stereocenters. The van der Waals surface area contributed by atoms with Crippen LogP contribution in [0.4, 0.5) is 17.1 Å². The van der Waals surface area contributed by atoms with Gasteiger partial charge in [-0.3, -0.25) is 0 Å². The van der Waals surface area contributed by atoms with Gasteiger partial charge < -0.3 is 0 Å². The molecule has 0 aliphatic rings. The van der Waals surface area contributed by atoms with Crippen LogP contribution in [0.3, 0.4) is 0 Å². The quantitative estimate of drug-likeness (QED) is 0.0381. The Labute approximate surface area is 376 Å². The van der Waals surface area contributed by atoms with Gasteiger partial charge in [0.15, 0.2) is 0 Å². The number of benzene rings is 3. The second-order valence-corrected chi connectivity index (χ2v) is 36.3. The van der Waals surface area contributed by atoms with E-state index in [1.165, 1.54) is 113 Å². The Bertz CT molecular complexity index is 2120. The van der Waals surface area contributed by atoms with Gasteiger partial charge in [-0.05, 0) is 12.8 Å². The molecule has 0 amide bonds. The van der Waals surface area contributed by atoms with Gasteiger partial charge in [0.05, 0.1) is 0 Å². The Hall–Kier alpha value is -2.84. The van der Waals surface area contributed by atoms with E-state index in [0.29, 0.717) is 0 Å². The summed E-state index contributed by atoms with van der Waals surface area (Å²) in [6, 6.07) is 29.3. The average Bonchev–Trinajstić information content (AvgIpc) is 3.95. The normalized spacial score (nSPS) is 11.8. The fraction of sp³-hybridized carbons (Fsp3) is 0.500. The summed E-state index contributed by atoms with van der Waals surface area (Å²) in [7, 11) is 2.24. The van der Waals surface area contributed by atoms with E-state index in [2.05, 4.69) is 131 Å². The number of rotatable bonds is 27. The fourth-order valence-corrected chi connectivity index (χ4v) is 17.0. The van der Waals surface area contributed by atoms with Crippen LogP contribution in [0.15, 0.2) is 78.9 Å². The molecule has 0 bridgehead atoms. The van der Waals surface area contributed by atoms with Gasteiger partial charge in [0, 0.05) is 0 Å². The van der Waals surface area contributed by atoms with Crippen LogP contribution in [0.25, 0.3) is 30.0 Å². The summed E-state index contributed by atoms with van der Waals surface area (Å²) in [5.74, 6) is 2.98. The van der Waals surface area contributed by atoms with Gasteiger partial charge in [0.2, 0.25) is 0 Å². The molecule has 3 heterocycles. The molecule has 8 heteroatoms. The van der Waals surface area contributed by atoms with Crippen LogP contribution in [0.5, 0.6) is 17.2 Å². The number of anilines is 3. The van der Waals surface area contributed by atoms with E-state index in [4.69, 9.17) is 14.2 Å². The van der Waals surface area contributed by atoms with Crippen molar-refractivity contribution in [3.8, 4) is 26.6 Å².